The van der Waals surface area contributed by atoms with Crippen molar-refractivity contribution in [3.8, 4) is 5.75 Å². The van der Waals surface area contributed by atoms with E-state index in [4.69, 9.17) is 11.2 Å². The van der Waals surface area contributed by atoms with Crippen molar-refractivity contribution >= 4 is 21.4 Å². The van der Waals surface area contributed by atoms with Gasteiger partial charge in [0.05, 0.1) is 0 Å². The number of hydrogen-bond donors (Lipinski definition) is 0. The minimum absolute atomic E-state index is 0.0420. The first-order valence-corrected chi connectivity index (χ1v) is 7.04. The van der Waals surface area contributed by atoms with Crippen LogP contribution in [0.15, 0.2) is 24.3 Å². The SMILES string of the molecule is O=[N+]([O-])c1ccc(O[As]2OCCCO2)cc1. The fourth-order valence-electron chi connectivity index (χ4n) is 1.14. The third kappa shape index (κ3) is 2.95. The molecule has 0 spiro atoms. The van der Waals surface area contributed by atoms with Crippen LogP contribution >= 0.6 is 0 Å². The first-order valence-electron chi connectivity index (χ1n) is 4.74. The Morgan fingerprint density at radius 1 is 1.25 bits per heavy atom. The summed E-state index contributed by atoms with van der Waals surface area (Å²) in [6.07, 6.45) is 0.884. The van der Waals surface area contributed by atoms with Gasteiger partial charge < -0.3 is 0 Å². The standard InChI is InChI=1S/C9H10AsNO5/c12-11(13)8-2-4-9(5-3-8)16-10-14-6-1-7-15-10/h2-5H,1,6-7H2. The van der Waals surface area contributed by atoms with Gasteiger partial charge in [-0.2, -0.15) is 0 Å². The number of nitro benzene ring substituents is 1. The Morgan fingerprint density at radius 3 is 2.44 bits per heavy atom. The molecule has 0 bridgehead atoms. The second kappa shape index (κ2) is 5.29. The molecule has 7 heteroatoms. The van der Waals surface area contributed by atoms with E-state index in [-0.39, 0.29) is 5.69 Å². The van der Waals surface area contributed by atoms with Gasteiger partial charge in [-0.1, -0.05) is 0 Å². The number of rotatable bonds is 3. The number of hydrogen-bond acceptors (Lipinski definition) is 5. The van der Waals surface area contributed by atoms with Crippen LogP contribution < -0.4 is 3.73 Å². The van der Waals surface area contributed by atoms with Crippen LogP contribution in [0.2, 0.25) is 0 Å². The molecule has 1 aromatic rings. The molecular formula is C9H10AsNO5. The Bertz CT molecular complexity index is 363. The summed E-state index contributed by atoms with van der Waals surface area (Å²) in [6.45, 7) is 1.32. The van der Waals surface area contributed by atoms with Gasteiger partial charge in [-0.3, -0.25) is 0 Å². The van der Waals surface area contributed by atoms with E-state index in [1.165, 1.54) is 12.1 Å². The molecule has 1 aromatic carbocycles. The summed E-state index contributed by atoms with van der Waals surface area (Å²) in [4.78, 5) is 9.98. The third-order valence-corrected chi connectivity index (χ3v) is 4.32. The van der Waals surface area contributed by atoms with E-state index in [9.17, 15) is 10.1 Å². The van der Waals surface area contributed by atoms with Crippen molar-refractivity contribution in [1.82, 2.24) is 0 Å². The van der Waals surface area contributed by atoms with Crippen molar-refractivity contribution in [2.75, 3.05) is 13.2 Å². The average Bonchev–Trinajstić information content (AvgIpc) is 2.31. The van der Waals surface area contributed by atoms with Crippen LogP contribution in [-0.4, -0.2) is 33.8 Å². The molecule has 86 valence electrons. The molecule has 0 unspecified atom stereocenters. The van der Waals surface area contributed by atoms with Gasteiger partial charge in [-0.05, 0) is 0 Å². The van der Waals surface area contributed by atoms with Crippen molar-refractivity contribution in [1.29, 1.82) is 0 Å². The first kappa shape index (κ1) is 11.4. The Labute approximate surface area is 97.6 Å². The number of nitrogens with zero attached hydrogens (tertiary/aromatic N) is 1. The summed E-state index contributed by atoms with van der Waals surface area (Å²) in [5.41, 5.74) is 0.0420. The van der Waals surface area contributed by atoms with Crippen LogP contribution in [0.5, 0.6) is 5.75 Å². The monoisotopic (exact) mass is 287 g/mol. The van der Waals surface area contributed by atoms with E-state index in [2.05, 4.69) is 0 Å². The van der Waals surface area contributed by atoms with E-state index in [1.807, 2.05) is 0 Å². The number of benzene rings is 1. The molecule has 2 rings (SSSR count). The van der Waals surface area contributed by atoms with Crippen LogP contribution in [0, 0.1) is 10.1 Å². The maximum absolute atomic E-state index is 10.4. The molecule has 0 N–H and O–H groups in total. The van der Waals surface area contributed by atoms with E-state index < -0.39 is 20.6 Å². The Kier molecular flexibility index (Phi) is 3.77. The van der Waals surface area contributed by atoms with Crippen molar-refractivity contribution in [3.05, 3.63) is 34.4 Å². The second-order valence-electron chi connectivity index (χ2n) is 3.09. The molecule has 0 saturated carbocycles. The summed E-state index contributed by atoms with van der Waals surface area (Å²) in [6, 6.07) is 5.89. The molecule has 16 heavy (non-hydrogen) atoms. The molecular weight excluding hydrogens is 277 g/mol. The van der Waals surface area contributed by atoms with Crippen LogP contribution in [0.4, 0.5) is 5.69 Å². The summed E-state index contributed by atoms with van der Waals surface area (Å²) in [5.74, 6) is 0.549. The van der Waals surface area contributed by atoms with Crippen LogP contribution in [0.1, 0.15) is 6.42 Å². The molecule has 0 aliphatic carbocycles. The van der Waals surface area contributed by atoms with Gasteiger partial charge in [0.25, 0.3) is 0 Å². The van der Waals surface area contributed by atoms with Gasteiger partial charge in [-0.25, -0.2) is 0 Å². The van der Waals surface area contributed by atoms with Gasteiger partial charge in [-0.15, -0.1) is 0 Å². The fraction of sp³-hybridized carbons (Fsp3) is 0.333. The molecule has 1 aliphatic rings. The Morgan fingerprint density at radius 2 is 1.88 bits per heavy atom. The van der Waals surface area contributed by atoms with Crippen molar-refractivity contribution in [2.24, 2.45) is 0 Å². The van der Waals surface area contributed by atoms with Gasteiger partial charge in [0.2, 0.25) is 0 Å². The zero-order chi connectivity index (χ0) is 11.4. The molecule has 1 fully saturated rings. The summed E-state index contributed by atoms with van der Waals surface area (Å²) in [5, 5.41) is 10.4. The molecule has 1 saturated heterocycles. The third-order valence-electron chi connectivity index (χ3n) is 1.91. The Balaban J connectivity index is 1.96. The van der Waals surface area contributed by atoms with E-state index in [0.29, 0.717) is 19.0 Å². The first-order chi connectivity index (χ1) is 7.75. The summed E-state index contributed by atoms with van der Waals surface area (Å²) >= 11 is -2.13. The molecule has 0 atom stereocenters. The average molecular weight is 287 g/mol. The Hall–Kier alpha value is -1.10. The normalized spacial score (nSPS) is 17.0. The van der Waals surface area contributed by atoms with Gasteiger partial charge in [0.1, 0.15) is 0 Å². The van der Waals surface area contributed by atoms with Crippen molar-refractivity contribution in [3.63, 3.8) is 0 Å². The number of non-ortho nitro benzene ring substituents is 1. The van der Waals surface area contributed by atoms with Crippen molar-refractivity contribution in [2.45, 2.75) is 6.42 Å². The minimum atomic E-state index is -2.13. The summed E-state index contributed by atoms with van der Waals surface area (Å²) < 4.78 is 16.1. The molecule has 6 nitrogen and oxygen atoms in total. The fourth-order valence-corrected chi connectivity index (χ4v) is 3.30. The molecule has 0 radical (unpaired) electrons. The maximum atomic E-state index is 10.4. The molecule has 1 aliphatic heterocycles. The molecule has 1 heterocycles. The molecule has 0 amide bonds. The van der Waals surface area contributed by atoms with E-state index in [0.717, 1.165) is 6.42 Å². The predicted molar refractivity (Wildman–Crippen MR) is 56.0 cm³/mol. The zero-order valence-corrected chi connectivity index (χ0v) is 10.2. The van der Waals surface area contributed by atoms with Crippen molar-refractivity contribution < 1.29 is 16.1 Å². The zero-order valence-electron chi connectivity index (χ0n) is 8.37. The van der Waals surface area contributed by atoms with Gasteiger partial charge >= 0.3 is 97.2 Å². The number of nitro groups is 1. The van der Waals surface area contributed by atoms with Gasteiger partial charge in [0, 0.05) is 0 Å². The van der Waals surface area contributed by atoms with Crippen LogP contribution in [-0.2, 0) is 7.45 Å². The topological polar surface area (TPSA) is 70.8 Å². The second-order valence-corrected chi connectivity index (χ2v) is 5.49. The van der Waals surface area contributed by atoms with Crippen LogP contribution in [0.3, 0.4) is 0 Å². The van der Waals surface area contributed by atoms with Gasteiger partial charge in [0.15, 0.2) is 0 Å². The summed E-state index contributed by atoms with van der Waals surface area (Å²) in [7, 11) is 0. The van der Waals surface area contributed by atoms with E-state index in [1.54, 1.807) is 12.1 Å². The molecule has 0 aromatic heterocycles. The van der Waals surface area contributed by atoms with Crippen LogP contribution in [0.25, 0.3) is 0 Å². The predicted octanol–water partition coefficient (Wildman–Crippen LogP) is 1.40. The quantitative estimate of drug-likeness (QED) is 0.477. The van der Waals surface area contributed by atoms with E-state index >= 15 is 0 Å².